The van der Waals surface area contributed by atoms with Gasteiger partial charge in [0.2, 0.25) is 10.0 Å². The van der Waals surface area contributed by atoms with Crippen LogP contribution in [0.25, 0.3) is 0 Å². The van der Waals surface area contributed by atoms with Crippen LogP contribution in [0.3, 0.4) is 0 Å². The molecule has 0 saturated carbocycles. The second-order valence-electron chi connectivity index (χ2n) is 6.23. The zero-order valence-electron chi connectivity index (χ0n) is 13.4. The zero-order valence-corrected chi connectivity index (χ0v) is 14.2. The van der Waals surface area contributed by atoms with Crippen molar-refractivity contribution in [2.24, 2.45) is 0 Å². The first-order chi connectivity index (χ1) is 9.93. The summed E-state index contributed by atoms with van der Waals surface area (Å²) in [6.45, 7) is 6.35. The number of sulfonamides is 1. The molecule has 1 aromatic rings. The summed E-state index contributed by atoms with van der Waals surface area (Å²) in [7, 11) is -4.93. The van der Waals surface area contributed by atoms with Gasteiger partial charge in [-0.2, -0.15) is 0 Å². The molecule has 0 saturated heterocycles. The molecule has 0 amide bonds. The molecule has 1 rings (SSSR count). The quantitative estimate of drug-likeness (QED) is 0.610. The molecule has 1 aromatic carbocycles. The molecule has 0 unspecified atom stereocenters. The molecule has 0 fully saturated rings. The van der Waals surface area contributed by atoms with Crippen LogP contribution < -0.4 is 4.72 Å². The van der Waals surface area contributed by atoms with Gasteiger partial charge in [0.1, 0.15) is 0 Å². The van der Waals surface area contributed by atoms with Gasteiger partial charge in [-0.3, -0.25) is 0 Å². The van der Waals surface area contributed by atoms with Gasteiger partial charge in [-0.15, -0.1) is 0 Å². The second kappa shape index (κ2) is 7.10. The summed E-state index contributed by atoms with van der Waals surface area (Å²) in [6, 6.07) is 8.75. The molecule has 0 radical (unpaired) electrons. The number of nitrogens with one attached hydrogen (secondary N) is 1. The molecule has 0 atom stereocenters. The van der Waals surface area contributed by atoms with E-state index in [4.69, 9.17) is 4.65 Å². The van der Waals surface area contributed by atoms with Gasteiger partial charge < -0.3 is 14.8 Å². The van der Waals surface area contributed by atoms with E-state index in [2.05, 4.69) is 4.72 Å². The molecule has 0 aliphatic carbocycles. The topological polar surface area (TPSA) is 95.9 Å². The van der Waals surface area contributed by atoms with E-state index in [1.54, 1.807) is 58.0 Å². The van der Waals surface area contributed by atoms with Gasteiger partial charge in [-0.05, 0) is 33.3 Å². The van der Waals surface area contributed by atoms with Crippen molar-refractivity contribution in [1.29, 1.82) is 0 Å². The molecule has 0 aliphatic rings. The minimum absolute atomic E-state index is 0.171. The molecule has 124 valence electrons. The van der Waals surface area contributed by atoms with Gasteiger partial charge in [0, 0.05) is 6.44 Å². The summed E-state index contributed by atoms with van der Waals surface area (Å²) in [5, 5.41) is 19.8. The largest absolute Gasteiger partial charge is 0.470 e. The van der Waals surface area contributed by atoms with Crippen molar-refractivity contribution >= 4 is 17.1 Å². The lowest BCUT2D eigenvalue weighted by Gasteiger charge is -2.38. The summed E-state index contributed by atoms with van der Waals surface area (Å²) in [5.41, 5.74) is -1.56. The molecule has 0 spiro atoms. The van der Waals surface area contributed by atoms with E-state index < -0.39 is 28.3 Å². The van der Waals surface area contributed by atoms with Crippen LogP contribution >= 0.6 is 0 Å². The predicted molar refractivity (Wildman–Crippen MR) is 86.5 cm³/mol. The van der Waals surface area contributed by atoms with Gasteiger partial charge in [-0.1, -0.05) is 30.3 Å². The van der Waals surface area contributed by atoms with E-state index in [0.29, 0.717) is 5.56 Å². The fourth-order valence-electron chi connectivity index (χ4n) is 1.57. The Morgan fingerprint density at radius 2 is 1.73 bits per heavy atom. The van der Waals surface area contributed by atoms with E-state index in [9.17, 15) is 18.5 Å². The maximum Gasteiger partial charge on any atom is 0.470 e. The summed E-state index contributed by atoms with van der Waals surface area (Å²) < 4.78 is 31.5. The molecule has 0 aromatic heterocycles. The highest BCUT2D eigenvalue weighted by Gasteiger charge is 2.39. The van der Waals surface area contributed by atoms with E-state index >= 15 is 0 Å². The van der Waals surface area contributed by atoms with Crippen LogP contribution in [0.5, 0.6) is 0 Å². The van der Waals surface area contributed by atoms with E-state index in [-0.39, 0.29) is 12.2 Å². The maximum atomic E-state index is 11.9. The first kappa shape index (κ1) is 19.1. The fourth-order valence-corrected chi connectivity index (χ4v) is 2.70. The van der Waals surface area contributed by atoms with Crippen LogP contribution in [0.1, 0.15) is 33.3 Å². The zero-order chi connectivity index (χ0) is 17.0. The Hall–Kier alpha value is -0.925. The minimum Gasteiger partial charge on any atom is -0.426 e. The van der Waals surface area contributed by atoms with E-state index in [1.165, 1.54) is 0 Å². The van der Waals surface area contributed by atoms with Crippen LogP contribution in [-0.2, 0) is 20.4 Å². The number of hydrogen-bond donors (Lipinski definition) is 3. The first-order valence-electron chi connectivity index (χ1n) is 7.02. The van der Waals surface area contributed by atoms with Crippen molar-refractivity contribution in [3.8, 4) is 0 Å². The maximum absolute atomic E-state index is 11.9. The monoisotopic (exact) mass is 329 g/mol. The van der Waals surface area contributed by atoms with Crippen LogP contribution in [0.4, 0.5) is 0 Å². The third-order valence-electron chi connectivity index (χ3n) is 3.58. The number of rotatable bonds is 8. The summed E-state index contributed by atoms with van der Waals surface area (Å²) in [6.07, 6.45) is -0.283. The van der Waals surface area contributed by atoms with E-state index in [1.807, 2.05) is 0 Å². The molecule has 0 bridgehead atoms. The van der Waals surface area contributed by atoms with Gasteiger partial charge in [0.05, 0.1) is 17.0 Å². The number of aliphatic hydroxyl groups is 1. The Morgan fingerprint density at radius 1 is 1.18 bits per heavy atom. The summed E-state index contributed by atoms with van der Waals surface area (Å²) in [4.78, 5) is 0. The van der Waals surface area contributed by atoms with Gasteiger partial charge in [0.15, 0.2) is 0 Å². The van der Waals surface area contributed by atoms with Crippen LogP contribution in [0.2, 0.25) is 0 Å². The smallest absolute Gasteiger partial charge is 0.426 e. The highest BCUT2D eigenvalue weighted by molar-refractivity contribution is 7.88. The normalized spacial score (nSPS) is 13.2. The van der Waals surface area contributed by atoms with Crippen molar-refractivity contribution in [2.45, 2.75) is 44.6 Å². The molecule has 0 aliphatic heterocycles. The van der Waals surface area contributed by atoms with Crippen LogP contribution in [0.15, 0.2) is 30.3 Å². The van der Waals surface area contributed by atoms with Crippen molar-refractivity contribution in [1.82, 2.24) is 4.72 Å². The van der Waals surface area contributed by atoms with Gasteiger partial charge in [0.25, 0.3) is 0 Å². The Labute approximate surface area is 132 Å². The Kier molecular flexibility index (Phi) is 6.17. The Morgan fingerprint density at radius 3 is 2.23 bits per heavy atom. The number of benzene rings is 1. The SMILES string of the molecule is CC(C)(O)C(C)(C)OB(O)CNS(=O)(=O)Cc1ccccc1. The lowest BCUT2D eigenvalue weighted by molar-refractivity contribution is -0.0999. The lowest BCUT2D eigenvalue weighted by atomic mass is 9.83. The van der Waals surface area contributed by atoms with Gasteiger partial charge in [-0.25, -0.2) is 13.1 Å². The minimum atomic E-state index is -3.57. The molecule has 6 nitrogen and oxygen atoms in total. The Balaban J connectivity index is 2.55. The molecule has 0 heterocycles. The third-order valence-corrected chi connectivity index (χ3v) is 4.90. The van der Waals surface area contributed by atoms with Crippen molar-refractivity contribution < 1.29 is 23.2 Å². The average molecular weight is 329 g/mol. The molecular weight excluding hydrogens is 305 g/mol. The first-order valence-corrected chi connectivity index (χ1v) is 8.68. The summed E-state index contributed by atoms with van der Waals surface area (Å²) in [5.74, 6) is -0.171. The second-order valence-corrected chi connectivity index (χ2v) is 8.04. The standard InChI is InChI=1S/C14H24BNO5S/c1-13(2,17)14(3,4)21-15(18)11-16-22(19,20)10-12-8-6-5-7-9-12/h5-9,16-18H,10-11H2,1-4H3. The summed E-state index contributed by atoms with van der Waals surface area (Å²) >= 11 is 0. The average Bonchev–Trinajstić information content (AvgIpc) is 2.35. The van der Waals surface area contributed by atoms with Crippen molar-refractivity contribution in [3.05, 3.63) is 35.9 Å². The molecule has 8 heteroatoms. The van der Waals surface area contributed by atoms with Crippen molar-refractivity contribution in [2.75, 3.05) is 6.44 Å². The molecular formula is C14H24BNO5S. The van der Waals surface area contributed by atoms with Crippen LogP contribution in [0, 0.1) is 0 Å². The fraction of sp³-hybridized carbons (Fsp3) is 0.571. The lowest BCUT2D eigenvalue weighted by Crippen LogP contribution is -2.52. The highest BCUT2D eigenvalue weighted by Crippen LogP contribution is 2.25. The highest BCUT2D eigenvalue weighted by atomic mass is 32.2. The van der Waals surface area contributed by atoms with Crippen molar-refractivity contribution in [3.63, 3.8) is 0 Å². The Bertz CT molecular complexity index is 569. The predicted octanol–water partition coefficient (Wildman–Crippen LogP) is 0.692. The number of hydrogen-bond acceptors (Lipinski definition) is 5. The van der Waals surface area contributed by atoms with Gasteiger partial charge >= 0.3 is 7.12 Å². The molecule has 3 N–H and O–H groups in total. The molecule has 22 heavy (non-hydrogen) atoms. The third kappa shape index (κ3) is 6.06. The van der Waals surface area contributed by atoms with Crippen LogP contribution in [-0.4, -0.2) is 43.3 Å². The van der Waals surface area contributed by atoms with E-state index in [0.717, 1.165) is 0 Å².